The van der Waals surface area contributed by atoms with E-state index in [0.29, 0.717) is 11.6 Å². The molecule has 0 radical (unpaired) electrons. The van der Waals surface area contributed by atoms with E-state index in [1.165, 1.54) is 11.3 Å². The van der Waals surface area contributed by atoms with Crippen LogP contribution in [0.3, 0.4) is 0 Å². The van der Waals surface area contributed by atoms with E-state index < -0.39 is 18.0 Å². The Hall–Kier alpha value is -2.15. The minimum Gasteiger partial charge on any atom is -0.480 e. The lowest BCUT2D eigenvalue weighted by Gasteiger charge is -2.11. The summed E-state index contributed by atoms with van der Waals surface area (Å²) in [6, 6.07) is 4.36. The number of aliphatic carboxylic acids is 1. The SMILES string of the molecule is CCC(NC(=O)Nc1nc2ccc(C)cc2s1)C(=O)O. The molecule has 0 fully saturated rings. The summed E-state index contributed by atoms with van der Waals surface area (Å²) in [4.78, 5) is 26.8. The number of carbonyl (C=O) groups is 2. The Bertz CT molecular complexity index is 653. The molecule has 0 saturated carbocycles. The van der Waals surface area contributed by atoms with Gasteiger partial charge in [-0.25, -0.2) is 14.6 Å². The standard InChI is InChI=1S/C13H15N3O3S/c1-3-8(11(17)18)14-12(19)16-13-15-9-5-4-7(2)6-10(9)20-13/h4-6,8H,3H2,1-2H3,(H,17,18)(H2,14,15,16,19). The number of nitrogens with zero attached hydrogens (tertiary/aromatic N) is 1. The monoisotopic (exact) mass is 293 g/mol. The molecular formula is C13H15N3O3S. The summed E-state index contributed by atoms with van der Waals surface area (Å²) in [7, 11) is 0. The third-order valence-corrected chi connectivity index (χ3v) is 3.71. The maximum Gasteiger partial charge on any atom is 0.326 e. The van der Waals surface area contributed by atoms with Crippen LogP contribution < -0.4 is 10.6 Å². The number of fused-ring (bicyclic) bond motifs is 1. The first-order chi connectivity index (χ1) is 9.49. The predicted octanol–water partition coefficient (Wildman–Crippen LogP) is 2.59. The van der Waals surface area contributed by atoms with Crippen molar-refractivity contribution in [2.45, 2.75) is 26.3 Å². The third-order valence-electron chi connectivity index (χ3n) is 2.78. The van der Waals surface area contributed by atoms with E-state index in [4.69, 9.17) is 5.11 Å². The summed E-state index contributed by atoms with van der Waals surface area (Å²) >= 11 is 1.35. The summed E-state index contributed by atoms with van der Waals surface area (Å²) in [5.41, 5.74) is 1.93. The molecule has 1 aromatic carbocycles. The topological polar surface area (TPSA) is 91.3 Å². The third kappa shape index (κ3) is 3.24. The number of hydrogen-bond acceptors (Lipinski definition) is 4. The molecule has 3 N–H and O–H groups in total. The number of aryl methyl sites for hydroxylation is 1. The van der Waals surface area contributed by atoms with Crippen LogP contribution in [0.25, 0.3) is 10.2 Å². The number of urea groups is 1. The quantitative estimate of drug-likeness (QED) is 0.808. The number of carboxylic acids is 1. The highest BCUT2D eigenvalue weighted by atomic mass is 32.1. The smallest absolute Gasteiger partial charge is 0.326 e. The van der Waals surface area contributed by atoms with Crippen molar-refractivity contribution in [3.05, 3.63) is 23.8 Å². The van der Waals surface area contributed by atoms with E-state index in [1.54, 1.807) is 6.92 Å². The highest BCUT2D eigenvalue weighted by Gasteiger charge is 2.18. The van der Waals surface area contributed by atoms with E-state index in [1.807, 2.05) is 25.1 Å². The highest BCUT2D eigenvalue weighted by molar-refractivity contribution is 7.22. The van der Waals surface area contributed by atoms with Crippen molar-refractivity contribution in [3.63, 3.8) is 0 Å². The van der Waals surface area contributed by atoms with Crippen LogP contribution in [0, 0.1) is 6.92 Å². The van der Waals surface area contributed by atoms with Gasteiger partial charge in [0, 0.05) is 0 Å². The molecule has 7 heteroatoms. The van der Waals surface area contributed by atoms with Crippen LogP contribution in [0.15, 0.2) is 18.2 Å². The molecule has 1 atom stereocenters. The molecule has 2 amide bonds. The van der Waals surface area contributed by atoms with Crippen LogP contribution in [-0.4, -0.2) is 28.1 Å². The molecule has 6 nitrogen and oxygen atoms in total. The number of hydrogen-bond donors (Lipinski definition) is 3. The lowest BCUT2D eigenvalue weighted by Crippen LogP contribution is -2.42. The normalized spacial score (nSPS) is 12.1. The Labute approximate surface area is 119 Å². The Kier molecular flexibility index (Phi) is 4.19. The molecule has 1 aromatic heterocycles. The van der Waals surface area contributed by atoms with E-state index in [-0.39, 0.29) is 0 Å². The van der Waals surface area contributed by atoms with Gasteiger partial charge in [-0.05, 0) is 31.0 Å². The average Bonchev–Trinajstić information content (AvgIpc) is 2.76. The fourth-order valence-corrected chi connectivity index (χ4v) is 2.67. The number of carbonyl (C=O) groups excluding carboxylic acids is 1. The molecule has 0 bridgehead atoms. The molecule has 20 heavy (non-hydrogen) atoms. The number of anilines is 1. The van der Waals surface area contributed by atoms with Crippen LogP contribution in [-0.2, 0) is 4.79 Å². The first-order valence-electron chi connectivity index (χ1n) is 6.17. The molecule has 1 heterocycles. The molecular weight excluding hydrogens is 278 g/mol. The van der Waals surface area contributed by atoms with Gasteiger partial charge in [-0.15, -0.1) is 0 Å². The Morgan fingerprint density at radius 3 is 2.85 bits per heavy atom. The van der Waals surface area contributed by atoms with Gasteiger partial charge in [0.15, 0.2) is 5.13 Å². The number of carboxylic acid groups (broad SMARTS) is 1. The van der Waals surface area contributed by atoms with E-state index in [2.05, 4.69) is 15.6 Å². The van der Waals surface area contributed by atoms with Crippen molar-refractivity contribution < 1.29 is 14.7 Å². The number of nitrogens with one attached hydrogen (secondary N) is 2. The predicted molar refractivity (Wildman–Crippen MR) is 78.2 cm³/mol. The number of rotatable bonds is 4. The van der Waals surface area contributed by atoms with Crippen LogP contribution >= 0.6 is 11.3 Å². The Morgan fingerprint density at radius 1 is 1.45 bits per heavy atom. The first kappa shape index (κ1) is 14.3. The van der Waals surface area contributed by atoms with Gasteiger partial charge in [0.25, 0.3) is 0 Å². The van der Waals surface area contributed by atoms with Crippen molar-refractivity contribution in [2.75, 3.05) is 5.32 Å². The number of aromatic nitrogens is 1. The second-order valence-corrected chi connectivity index (χ2v) is 5.42. The average molecular weight is 293 g/mol. The lowest BCUT2D eigenvalue weighted by molar-refractivity contribution is -0.139. The van der Waals surface area contributed by atoms with Crippen LogP contribution in [0.2, 0.25) is 0 Å². The van der Waals surface area contributed by atoms with Gasteiger partial charge >= 0.3 is 12.0 Å². The van der Waals surface area contributed by atoms with Gasteiger partial charge < -0.3 is 10.4 Å². The molecule has 0 aliphatic carbocycles. The van der Waals surface area contributed by atoms with Gasteiger partial charge in [0.1, 0.15) is 6.04 Å². The van der Waals surface area contributed by atoms with Crippen molar-refractivity contribution in [1.29, 1.82) is 0 Å². The van der Waals surface area contributed by atoms with Crippen LogP contribution in [0.4, 0.5) is 9.93 Å². The summed E-state index contributed by atoms with van der Waals surface area (Å²) in [5, 5.41) is 14.3. The van der Waals surface area contributed by atoms with Crippen molar-refractivity contribution >= 4 is 38.7 Å². The number of thiazole rings is 1. The van der Waals surface area contributed by atoms with E-state index in [9.17, 15) is 9.59 Å². The molecule has 0 aliphatic heterocycles. The second-order valence-electron chi connectivity index (χ2n) is 4.39. The van der Waals surface area contributed by atoms with Crippen LogP contribution in [0.5, 0.6) is 0 Å². The number of amides is 2. The lowest BCUT2D eigenvalue weighted by atomic mass is 10.2. The molecule has 0 aliphatic rings. The minimum atomic E-state index is -1.05. The summed E-state index contributed by atoms with van der Waals surface area (Å²) < 4.78 is 0.977. The van der Waals surface area contributed by atoms with Gasteiger partial charge in [-0.1, -0.05) is 24.3 Å². The zero-order chi connectivity index (χ0) is 14.7. The zero-order valence-corrected chi connectivity index (χ0v) is 12.0. The van der Waals surface area contributed by atoms with Gasteiger partial charge in [0.05, 0.1) is 10.2 Å². The van der Waals surface area contributed by atoms with Crippen molar-refractivity contribution in [2.24, 2.45) is 0 Å². The Balaban J connectivity index is 2.08. The van der Waals surface area contributed by atoms with Gasteiger partial charge in [0.2, 0.25) is 0 Å². The summed E-state index contributed by atoms with van der Waals surface area (Å²) in [6.45, 7) is 3.68. The summed E-state index contributed by atoms with van der Waals surface area (Å²) in [5.74, 6) is -1.05. The molecule has 106 valence electrons. The molecule has 2 rings (SSSR count). The fourth-order valence-electron chi connectivity index (χ4n) is 1.72. The molecule has 1 unspecified atom stereocenters. The number of benzene rings is 1. The summed E-state index contributed by atoms with van der Waals surface area (Å²) in [6.07, 6.45) is 0.321. The van der Waals surface area contributed by atoms with Crippen molar-refractivity contribution in [3.8, 4) is 0 Å². The molecule has 0 saturated heterocycles. The van der Waals surface area contributed by atoms with E-state index >= 15 is 0 Å². The highest BCUT2D eigenvalue weighted by Crippen LogP contribution is 2.26. The second kappa shape index (κ2) is 5.87. The fraction of sp³-hybridized carbons (Fsp3) is 0.308. The maximum atomic E-state index is 11.7. The van der Waals surface area contributed by atoms with Crippen molar-refractivity contribution in [1.82, 2.24) is 10.3 Å². The van der Waals surface area contributed by atoms with E-state index in [0.717, 1.165) is 15.8 Å². The van der Waals surface area contributed by atoms with Gasteiger partial charge in [-0.2, -0.15) is 0 Å². The maximum absolute atomic E-state index is 11.7. The largest absolute Gasteiger partial charge is 0.480 e. The Morgan fingerprint density at radius 2 is 2.20 bits per heavy atom. The molecule has 2 aromatic rings. The first-order valence-corrected chi connectivity index (χ1v) is 6.98. The van der Waals surface area contributed by atoms with Crippen LogP contribution in [0.1, 0.15) is 18.9 Å². The van der Waals surface area contributed by atoms with Gasteiger partial charge in [-0.3, -0.25) is 5.32 Å². The zero-order valence-electron chi connectivity index (χ0n) is 11.1. The minimum absolute atomic E-state index is 0.321. The molecule has 0 spiro atoms.